The van der Waals surface area contributed by atoms with E-state index in [1.165, 1.54) is 0 Å². The molecule has 0 saturated heterocycles. The lowest BCUT2D eigenvalue weighted by molar-refractivity contribution is -0.112. The highest BCUT2D eigenvalue weighted by Crippen LogP contribution is 2.16. The molecule has 0 unspecified atom stereocenters. The average molecular weight is 383 g/mol. The van der Waals surface area contributed by atoms with Gasteiger partial charge < -0.3 is 9.88 Å². The Labute approximate surface area is 148 Å². The Bertz CT molecular complexity index is 872. The predicted octanol–water partition coefficient (Wildman–Crippen LogP) is 4.12. The first-order valence-electron chi connectivity index (χ1n) is 7.44. The highest BCUT2D eigenvalue weighted by molar-refractivity contribution is 9.10. The molecule has 120 valence electrons. The molecule has 0 aliphatic rings. The minimum atomic E-state index is -0.652. The first-order valence-corrected chi connectivity index (χ1v) is 8.23. The Kier molecular flexibility index (Phi) is 4.91. The van der Waals surface area contributed by atoms with Crippen LogP contribution in [0.5, 0.6) is 0 Å². The van der Waals surface area contributed by atoms with Crippen molar-refractivity contribution in [1.29, 1.82) is 0 Å². The van der Waals surface area contributed by atoms with Crippen molar-refractivity contribution in [3.05, 3.63) is 88.7 Å². The van der Waals surface area contributed by atoms with Gasteiger partial charge in [-0.25, -0.2) is 0 Å². The molecule has 0 radical (unpaired) electrons. The lowest BCUT2D eigenvalue weighted by Crippen LogP contribution is -2.25. The van der Waals surface area contributed by atoms with E-state index in [0.717, 1.165) is 10.0 Å². The number of carbonyl (C=O) groups is 2. The zero-order valence-corrected chi connectivity index (χ0v) is 14.4. The summed E-state index contributed by atoms with van der Waals surface area (Å²) in [5.41, 5.74) is 2.00. The van der Waals surface area contributed by atoms with Crippen molar-refractivity contribution in [3.63, 3.8) is 0 Å². The Balaban J connectivity index is 1.76. The molecule has 1 N–H and O–H groups in total. The second-order valence-electron chi connectivity index (χ2n) is 5.30. The second-order valence-corrected chi connectivity index (χ2v) is 6.22. The van der Waals surface area contributed by atoms with E-state index in [0.29, 0.717) is 17.9 Å². The van der Waals surface area contributed by atoms with E-state index in [1.54, 1.807) is 41.1 Å². The largest absolute Gasteiger partial charge is 0.340 e. The molecule has 1 aromatic heterocycles. The van der Waals surface area contributed by atoms with E-state index in [1.807, 2.05) is 36.4 Å². The number of hydrogen-bond donors (Lipinski definition) is 1. The van der Waals surface area contributed by atoms with Crippen LogP contribution < -0.4 is 5.32 Å². The number of Topliss-reactive ketones (excluding diaryl/α,β-unsaturated/α-hetero) is 1. The van der Waals surface area contributed by atoms with Crippen LogP contribution in [0.15, 0.2) is 77.4 Å². The number of nitrogens with zero attached hydrogens (tertiary/aromatic N) is 1. The van der Waals surface area contributed by atoms with Crippen LogP contribution in [-0.4, -0.2) is 16.3 Å². The number of ketones is 1. The molecule has 1 amide bonds. The van der Waals surface area contributed by atoms with Crippen LogP contribution in [-0.2, 0) is 11.3 Å². The third-order valence-corrected chi connectivity index (χ3v) is 4.04. The average Bonchev–Trinajstić information content (AvgIpc) is 3.03. The maximum absolute atomic E-state index is 12.5. The number of amides is 1. The van der Waals surface area contributed by atoms with Gasteiger partial charge in [0.1, 0.15) is 0 Å². The van der Waals surface area contributed by atoms with Crippen LogP contribution in [0.1, 0.15) is 16.1 Å². The van der Waals surface area contributed by atoms with E-state index in [4.69, 9.17) is 0 Å². The number of anilines is 1. The molecule has 3 rings (SSSR count). The smallest absolute Gasteiger partial charge is 0.298 e. The zero-order chi connectivity index (χ0) is 16.9. The van der Waals surface area contributed by atoms with Gasteiger partial charge in [0.25, 0.3) is 11.7 Å². The summed E-state index contributed by atoms with van der Waals surface area (Å²) in [6, 6.07) is 20.3. The molecular formula is C19H15BrN2O2. The molecule has 2 aromatic carbocycles. The molecule has 0 bridgehead atoms. The molecular weight excluding hydrogens is 368 g/mol. The van der Waals surface area contributed by atoms with Crippen molar-refractivity contribution < 1.29 is 9.59 Å². The topological polar surface area (TPSA) is 51.1 Å². The van der Waals surface area contributed by atoms with E-state index in [-0.39, 0.29) is 0 Å². The summed E-state index contributed by atoms with van der Waals surface area (Å²) in [5.74, 6) is -1.21. The van der Waals surface area contributed by atoms with Gasteiger partial charge in [-0.3, -0.25) is 9.59 Å². The van der Waals surface area contributed by atoms with Gasteiger partial charge >= 0.3 is 0 Å². The number of halogens is 1. The van der Waals surface area contributed by atoms with Crippen LogP contribution >= 0.6 is 15.9 Å². The standard InChI is InChI=1S/C19H15BrN2O2/c20-15-8-4-9-16(12-15)21-19(24)18(23)17-10-5-11-22(17)13-14-6-2-1-3-7-14/h1-12H,13H2,(H,21,24). The van der Waals surface area contributed by atoms with Crippen molar-refractivity contribution in [3.8, 4) is 0 Å². The number of benzene rings is 2. The van der Waals surface area contributed by atoms with Gasteiger partial charge in [-0.05, 0) is 35.9 Å². The summed E-state index contributed by atoms with van der Waals surface area (Å²) in [6.45, 7) is 0.541. The fourth-order valence-corrected chi connectivity index (χ4v) is 2.81. The summed E-state index contributed by atoms with van der Waals surface area (Å²) in [5, 5.41) is 2.63. The summed E-state index contributed by atoms with van der Waals surface area (Å²) in [4.78, 5) is 24.7. The number of nitrogens with one attached hydrogen (secondary N) is 1. The van der Waals surface area contributed by atoms with Crippen molar-refractivity contribution in [1.82, 2.24) is 4.57 Å². The molecule has 1 heterocycles. The summed E-state index contributed by atoms with van der Waals surface area (Å²) in [6.07, 6.45) is 1.80. The minimum absolute atomic E-state index is 0.367. The van der Waals surface area contributed by atoms with Crippen LogP contribution in [0.2, 0.25) is 0 Å². The van der Waals surface area contributed by atoms with Gasteiger partial charge in [0.15, 0.2) is 0 Å². The Morgan fingerprint density at radius 2 is 1.75 bits per heavy atom. The van der Waals surface area contributed by atoms with Crippen LogP contribution in [0.25, 0.3) is 0 Å². The third-order valence-electron chi connectivity index (χ3n) is 3.55. The van der Waals surface area contributed by atoms with Crippen molar-refractivity contribution in [2.24, 2.45) is 0 Å². The first-order chi connectivity index (χ1) is 11.6. The van der Waals surface area contributed by atoms with Gasteiger partial charge in [-0.2, -0.15) is 0 Å². The number of rotatable bonds is 5. The highest BCUT2D eigenvalue weighted by Gasteiger charge is 2.19. The normalized spacial score (nSPS) is 10.4. The lowest BCUT2D eigenvalue weighted by Gasteiger charge is -2.09. The van der Waals surface area contributed by atoms with E-state index in [2.05, 4.69) is 21.2 Å². The molecule has 0 aliphatic heterocycles. The highest BCUT2D eigenvalue weighted by atomic mass is 79.9. The van der Waals surface area contributed by atoms with Gasteiger partial charge in [0.2, 0.25) is 0 Å². The summed E-state index contributed by atoms with van der Waals surface area (Å²) >= 11 is 3.34. The number of aromatic nitrogens is 1. The fraction of sp³-hybridized carbons (Fsp3) is 0.0526. The Hall–Kier alpha value is -2.66. The second kappa shape index (κ2) is 7.27. The van der Waals surface area contributed by atoms with Gasteiger partial charge in [0, 0.05) is 22.9 Å². The molecule has 0 atom stereocenters. The van der Waals surface area contributed by atoms with E-state index >= 15 is 0 Å². The summed E-state index contributed by atoms with van der Waals surface area (Å²) in [7, 11) is 0. The molecule has 0 aliphatic carbocycles. The third kappa shape index (κ3) is 3.81. The molecule has 0 spiro atoms. The maximum Gasteiger partial charge on any atom is 0.298 e. The van der Waals surface area contributed by atoms with Gasteiger partial charge in [-0.1, -0.05) is 52.3 Å². The SMILES string of the molecule is O=C(Nc1cccc(Br)c1)C(=O)c1cccn1Cc1ccccc1. The molecule has 0 saturated carbocycles. The minimum Gasteiger partial charge on any atom is -0.340 e. The van der Waals surface area contributed by atoms with E-state index < -0.39 is 11.7 Å². The monoisotopic (exact) mass is 382 g/mol. The van der Waals surface area contributed by atoms with Crippen molar-refractivity contribution in [2.45, 2.75) is 6.54 Å². The number of carbonyl (C=O) groups excluding carboxylic acids is 2. The maximum atomic E-state index is 12.5. The lowest BCUT2D eigenvalue weighted by atomic mass is 10.2. The van der Waals surface area contributed by atoms with Crippen LogP contribution in [0, 0.1) is 0 Å². The van der Waals surface area contributed by atoms with Crippen LogP contribution in [0.3, 0.4) is 0 Å². The molecule has 5 heteroatoms. The van der Waals surface area contributed by atoms with Gasteiger partial charge in [-0.15, -0.1) is 0 Å². The van der Waals surface area contributed by atoms with Crippen molar-refractivity contribution >= 4 is 33.3 Å². The van der Waals surface area contributed by atoms with Crippen LogP contribution in [0.4, 0.5) is 5.69 Å². The quantitative estimate of drug-likeness (QED) is 0.532. The zero-order valence-electron chi connectivity index (χ0n) is 12.8. The molecule has 3 aromatic rings. The molecule has 0 fully saturated rings. The van der Waals surface area contributed by atoms with E-state index in [9.17, 15) is 9.59 Å². The fourth-order valence-electron chi connectivity index (χ4n) is 2.41. The molecule has 4 nitrogen and oxygen atoms in total. The van der Waals surface area contributed by atoms with Gasteiger partial charge in [0.05, 0.1) is 5.69 Å². The molecule has 24 heavy (non-hydrogen) atoms. The summed E-state index contributed by atoms with van der Waals surface area (Å²) < 4.78 is 2.61. The Morgan fingerprint density at radius 1 is 0.958 bits per heavy atom. The Morgan fingerprint density at radius 3 is 2.50 bits per heavy atom. The number of hydrogen-bond acceptors (Lipinski definition) is 2. The van der Waals surface area contributed by atoms with Crippen molar-refractivity contribution in [2.75, 3.05) is 5.32 Å². The predicted molar refractivity (Wildman–Crippen MR) is 97.1 cm³/mol. The first kappa shape index (κ1) is 16.2.